The Hall–Kier alpha value is -3.70. The molecule has 1 N–H and O–H groups in total. The molecule has 2 aromatic carbocycles. The minimum Gasteiger partial charge on any atom is -0.451 e. The van der Waals surface area contributed by atoms with E-state index in [0.29, 0.717) is 37.4 Å². The molecule has 10 nitrogen and oxygen atoms in total. The summed E-state index contributed by atoms with van der Waals surface area (Å²) in [7, 11) is -3.18. The molecule has 172 valence electrons. The van der Waals surface area contributed by atoms with Gasteiger partial charge >= 0.3 is 0 Å². The van der Waals surface area contributed by atoms with Crippen molar-refractivity contribution in [2.24, 2.45) is 0 Å². The normalized spacial score (nSPS) is 14.8. The van der Waals surface area contributed by atoms with E-state index < -0.39 is 20.9 Å². The van der Waals surface area contributed by atoms with Crippen LogP contribution in [-0.4, -0.2) is 56.0 Å². The van der Waals surface area contributed by atoms with Gasteiger partial charge in [-0.1, -0.05) is 12.1 Å². The number of nitrogens with one attached hydrogen (secondary N) is 1. The Morgan fingerprint density at radius 1 is 1.00 bits per heavy atom. The average Bonchev–Trinajstić information content (AvgIpc) is 3.29. The van der Waals surface area contributed by atoms with Gasteiger partial charge in [-0.05, 0) is 42.5 Å². The van der Waals surface area contributed by atoms with Gasteiger partial charge in [0.1, 0.15) is 5.76 Å². The largest absolute Gasteiger partial charge is 0.451 e. The lowest BCUT2D eigenvalue weighted by atomic mass is 10.1. The topological polar surface area (TPSA) is 126 Å². The molecule has 2 heterocycles. The molecule has 0 atom stereocenters. The van der Waals surface area contributed by atoms with Crippen molar-refractivity contribution in [1.29, 1.82) is 0 Å². The van der Waals surface area contributed by atoms with Crippen molar-refractivity contribution < 1.29 is 22.6 Å². The van der Waals surface area contributed by atoms with Crippen molar-refractivity contribution in [2.75, 3.05) is 42.7 Å². The van der Waals surface area contributed by atoms with Gasteiger partial charge in [0, 0.05) is 43.6 Å². The van der Waals surface area contributed by atoms with E-state index in [0.717, 1.165) is 5.69 Å². The zero-order chi connectivity index (χ0) is 23.6. The molecular formula is C22H22N4O6S. The van der Waals surface area contributed by atoms with E-state index in [4.69, 9.17) is 4.42 Å². The maximum Gasteiger partial charge on any atom is 0.291 e. The standard InChI is InChI=1S/C22H22N4O6S/c1-33(30,31)25-14-12-24(13-15-25)17-8-6-16(7-9-17)23-22(27)21-11-10-20(32-21)18-4-2-3-5-19(18)26(28)29/h2-11H,12-15H2,1H3,(H,23,27). The summed E-state index contributed by atoms with van der Waals surface area (Å²) in [6, 6.07) is 16.4. The first-order valence-corrected chi connectivity index (χ1v) is 12.0. The average molecular weight is 471 g/mol. The molecule has 4 rings (SSSR count). The van der Waals surface area contributed by atoms with Gasteiger partial charge in [0.05, 0.1) is 16.7 Å². The number of rotatable bonds is 6. The van der Waals surface area contributed by atoms with E-state index >= 15 is 0 Å². The molecule has 1 aromatic heterocycles. The zero-order valence-corrected chi connectivity index (χ0v) is 18.6. The number of nitro benzene ring substituents is 1. The number of furan rings is 1. The number of carbonyl (C=O) groups is 1. The maximum atomic E-state index is 12.6. The van der Waals surface area contributed by atoms with E-state index in [1.807, 2.05) is 12.1 Å². The predicted octanol–water partition coefficient (Wildman–Crippen LogP) is 3.19. The van der Waals surface area contributed by atoms with E-state index in [1.165, 1.54) is 28.8 Å². The molecule has 1 aliphatic rings. The number of piperazine rings is 1. The van der Waals surface area contributed by atoms with Gasteiger partial charge in [-0.3, -0.25) is 14.9 Å². The molecule has 0 spiro atoms. The fraction of sp³-hybridized carbons (Fsp3) is 0.227. The Morgan fingerprint density at radius 3 is 2.30 bits per heavy atom. The SMILES string of the molecule is CS(=O)(=O)N1CCN(c2ccc(NC(=O)c3ccc(-c4ccccc4[N+](=O)[O-])o3)cc2)CC1. The third-order valence-electron chi connectivity index (χ3n) is 5.39. The van der Waals surface area contributed by atoms with Crippen LogP contribution in [0.1, 0.15) is 10.6 Å². The maximum absolute atomic E-state index is 12.6. The zero-order valence-electron chi connectivity index (χ0n) is 17.8. The smallest absolute Gasteiger partial charge is 0.291 e. The monoisotopic (exact) mass is 470 g/mol. The number of carbonyl (C=O) groups excluding carboxylic acids is 1. The number of anilines is 2. The fourth-order valence-electron chi connectivity index (χ4n) is 3.67. The third kappa shape index (κ3) is 5.04. The molecule has 33 heavy (non-hydrogen) atoms. The number of hydrogen-bond donors (Lipinski definition) is 1. The highest BCUT2D eigenvalue weighted by Gasteiger charge is 2.23. The molecule has 0 unspecified atom stereocenters. The van der Waals surface area contributed by atoms with Crippen molar-refractivity contribution in [3.63, 3.8) is 0 Å². The summed E-state index contributed by atoms with van der Waals surface area (Å²) in [5, 5.41) is 14.0. The van der Waals surface area contributed by atoms with E-state index in [1.54, 1.807) is 30.3 Å². The second kappa shape index (κ2) is 9.04. The third-order valence-corrected chi connectivity index (χ3v) is 6.70. The predicted molar refractivity (Wildman–Crippen MR) is 124 cm³/mol. The van der Waals surface area contributed by atoms with Crippen LogP contribution in [0.4, 0.5) is 17.1 Å². The quantitative estimate of drug-likeness (QED) is 0.433. The Bertz CT molecular complexity index is 1280. The second-order valence-corrected chi connectivity index (χ2v) is 9.57. The summed E-state index contributed by atoms with van der Waals surface area (Å²) >= 11 is 0. The molecule has 0 aliphatic carbocycles. The van der Waals surface area contributed by atoms with Gasteiger partial charge < -0.3 is 14.6 Å². The number of benzene rings is 2. The molecule has 1 saturated heterocycles. The summed E-state index contributed by atoms with van der Waals surface area (Å²) < 4.78 is 30.3. The molecule has 0 saturated carbocycles. The van der Waals surface area contributed by atoms with Crippen molar-refractivity contribution in [3.05, 3.63) is 76.5 Å². The Labute approximate surface area is 190 Å². The number of para-hydroxylation sites is 1. The number of hydrogen-bond acceptors (Lipinski definition) is 7. The Morgan fingerprint density at radius 2 is 1.67 bits per heavy atom. The van der Waals surface area contributed by atoms with Crippen molar-refractivity contribution >= 4 is 33.0 Å². The minimum atomic E-state index is -3.18. The van der Waals surface area contributed by atoms with E-state index in [2.05, 4.69) is 10.2 Å². The molecule has 1 aliphatic heterocycles. The molecule has 0 radical (unpaired) electrons. The van der Waals surface area contributed by atoms with Crippen LogP contribution in [0.3, 0.4) is 0 Å². The highest BCUT2D eigenvalue weighted by atomic mass is 32.2. The highest BCUT2D eigenvalue weighted by molar-refractivity contribution is 7.88. The van der Waals surface area contributed by atoms with Crippen LogP contribution in [-0.2, 0) is 10.0 Å². The lowest BCUT2D eigenvalue weighted by Gasteiger charge is -2.34. The van der Waals surface area contributed by atoms with Crippen LogP contribution >= 0.6 is 0 Å². The fourth-order valence-corrected chi connectivity index (χ4v) is 4.50. The summed E-state index contributed by atoms with van der Waals surface area (Å²) in [5.74, 6) is -0.213. The Balaban J connectivity index is 1.41. The summed E-state index contributed by atoms with van der Waals surface area (Å²) in [5.41, 5.74) is 1.67. The summed E-state index contributed by atoms with van der Waals surface area (Å²) in [6.07, 6.45) is 1.21. The molecular weight excluding hydrogens is 448 g/mol. The van der Waals surface area contributed by atoms with Gasteiger partial charge in [0.25, 0.3) is 11.6 Å². The second-order valence-electron chi connectivity index (χ2n) is 7.59. The van der Waals surface area contributed by atoms with Crippen molar-refractivity contribution in [1.82, 2.24) is 4.31 Å². The van der Waals surface area contributed by atoms with Gasteiger partial charge in [-0.25, -0.2) is 8.42 Å². The molecule has 1 fully saturated rings. The number of nitrogens with zero attached hydrogens (tertiary/aromatic N) is 3. The van der Waals surface area contributed by atoms with Crippen LogP contribution in [0.25, 0.3) is 11.3 Å². The van der Waals surface area contributed by atoms with Crippen LogP contribution < -0.4 is 10.2 Å². The van der Waals surface area contributed by atoms with Gasteiger partial charge in [0.2, 0.25) is 10.0 Å². The highest BCUT2D eigenvalue weighted by Crippen LogP contribution is 2.31. The lowest BCUT2D eigenvalue weighted by Crippen LogP contribution is -2.48. The van der Waals surface area contributed by atoms with Gasteiger partial charge in [-0.15, -0.1) is 0 Å². The van der Waals surface area contributed by atoms with E-state index in [9.17, 15) is 23.3 Å². The molecule has 0 bridgehead atoms. The first-order chi connectivity index (χ1) is 15.7. The van der Waals surface area contributed by atoms with Gasteiger partial charge in [-0.2, -0.15) is 4.31 Å². The van der Waals surface area contributed by atoms with E-state index in [-0.39, 0.29) is 17.2 Å². The van der Waals surface area contributed by atoms with Crippen LogP contribution in [0.5, 0.6) is 0 Å². The molecule has 11 heteroatoms. The first-order valence-electron chi connectivity index (χ1n) is 10.2. The van der Waals surface area contributed by atoms with Crippen LogP contribution in [0, 0.1) is 10.1 Å². The summed E-state index contributed by atoms with van der Waals surface area (Å²) in [4.78, 5) is 25.4. The number of nitro groups is 1. The molecule has 3 aromatic rings. The number of sulfonamides is 1. The summed E-state index contributed by atoms with van der Waals surface area (Å²) in [6.45, 7) is 2.02. The van der Waals surface area contributed by atoms with Crippen molar-refractivity contribution in [2.45, 2.75) is 0 Å². The van der Waals surface area contributed by atoms with Gasteiger partial charge in [0.15, 0.2) is 5.76 Å². The Kier molecular flexibility index (Phi) is 6.16. The lowest BCUT2D eigenvalue weighted by molar-refractivity contribution is -0.384. The minimum absolute atomic E-state index is 0.0316. The molecule has 1 amide bonds. The number of amides is 1. The van der Waals surface area contributed by atoms with Crippen LogP contribution in [0.15, 0.2) is 65.1 Å². The van der Waals surface area contributed by atoms with Crippen molar-refractivity contribution in [3.8, 4) is 11.3 Å². The van der Waals surface area contributed by atoms with Crippen LogP contribution in [0.2, 0.25) is 0 Å². The first kappa shape index (κ1) is 22.5.